The molecule has 39 heavy (non-hydrogen) atoms. The molecule has 0 aromatic heterocycles. The van der Waals surface area contributed by atoms with Crippen LogP contribution in [0.3, 0.4) is 0 Å². The van der Waals surface area contributed by atoms with Gasteiger partial charge in [-0.05, 0) is 73.2 Å². The Morgan fingerprint density at radius 2 is 1.77 bits per heavy atom. The quantitative estimate of drug-likeness (QED) is 0.570. The van der Waals surface area contributed by atoms with Gasteiger partial charge in [-0.3, -0.25) is 24.6 Å². The first-order valence-electron chi connectivity index (χ1n) is 13.7. The SMILES string of the molecule is O=C1CCC(N2Cc3cc(C4CCN(Cc5ccc(N6CCOCC6)c(Cl)c5)CC4)c(F)cc3C2=O)C(=O)N1. The second-order valence-electron chi connectivity index (χ2n) is 10.9. The second-order valence-corrected chi connectivity index (χ2v) is 11.3. The van der Waals surface area contributed by atoms with Gasteiger partial charge in [0.05, 0.1) is 23.9 Å². The lowest BCUT2D eigenvalue weighted by molar-refractivity contribution is -0.136. The molecule has 3 amide bonds. The van der Waals surface area contributed by atoms with Crippen molar-refractivity contribution in [1.29, 1.82) is 0 Å². The van der Waals surface area contributed by atoms with Gasteiger partial charge in [0.2, 0.25) is 11.8 Å². The van der Waals surface area contributed by atoms with Crippen LogP contribution < -0.4 is 10.2 Å². The zero-order valence-electron chi connectivity index (χ0n) is 21.8. The highest BCUT2D eigenvalue weighted by Gasteiger charge is 2.40. The molecule has 1 atom stereocenters. The van der Waals surface area contributed by atoms with Gasteiger partial charge in [0, 0.05) is 38.2 Å². The van der Waals surface area contributed by atoms with Gasteiger partial charge < -0.3 is 14.5 Å². The minimum atomic E-state index is -0.700. The molecule has 0 saturated carbocycles. The Kier molecular flexibility index (Phi) is 7.31. The maximum Gasteiger partial charge on any atom is 0.255 e. The van der Waals surface area contributed by atoms with Crippen LogP contribution in [0.2, 0.25) is 5.02 Å². The molecule has 0 aliphatic carbocycles. The first kappa shape index (κ1) is 26.2. The highest BCUT2D eigenvalue weighted by atomic mass is 35.5. The van der Waals surface area contributed by atoms with Crippen molar-refractivity contribution in [3.05, 3.63) is 63.4 Å². The number of piperidine rings is 2. The highest BCUT2D eigenvalue weighted by molar-refractivity contribution is 6.33. The van der Waals surface area contributed by atoms with E-state index in [0.717, 1.165) is 67.4 Å². The number of nitrogens with one attached hydrogen (secondary N) is 1. The van der Waals surface area contributed by atoms with Gasteiger partial charge in [-0.25, -0.2) is 4.39 Å². The summed E-state index contributed by atoms with van der Waals surface area (Å²) >= 11 is 6.62. The van der Waals surface area contributed by atoms with Crippen LogP contribution in [-0.4, -0.2) is 73.0 Å². The average Bonchev–Trinajstić information content (AvgIpc) is 3.24. The minimum absolute atomic E-state index is 0.0681. The number of hydrogen-bond donors (Lipinski definition) is 1. The number of anilines is 1. The van der Waals surface area contributed by atoms with Crippen LogP contribution in [0.25, 0.3) is 0 Å². The summed E-state index contributed by atoms with van der Waals surface area (Å²) in [7, 11) is 0. The Hall–Kier alpha value is -3.01. The van der Waals surface area contributed by atoms with E-state index in [1.165, 1.54) is 11.0 Å². The molecule has 4 aliphatic rings. The third kappa shape index (κ3) is 5.27. The Morgan fingerprint density at radius 1 is 1.00 bits per heavy atom. The van der Waals surface area contributed by atoms with E-state index in [1.807, 2.05) is 12.1 Å². The third-order valence-electron chi connectivity index (χ3n) is 8.44. The summed E-state index contributed by atoms with van der Waals surface area (Å²) in [4.78, 5) is 42.9. The maximum absolute atomic E-state index is 15.2. The number of hydrogen-bond acceptors (Lipinski definition) is 6. The van der Waals surface area contributed by atoms with Crippen molar-refractivity contribution in [3.8, 4) is 0 Å². The van der Waals surface area contributed by atoms with Crippen molar-refractivity contribution in [2.24, 2.45) is 0 Å². The summed E-state index contributed by atoms with van der Waals surface area (Å²) in [5.41, 5.74) is 3.91. The summed E-state index contributed by atoms with van der Waals surface area (Å²) < 4.78 is 20.7. The number of rotatable bonds is 5. The number of likely N-dealkylation sites (tertiary alicyclic amines) is 1. The number of imide groups is 1. The molecule has 1 N–H and O–H groups in total. The molecule has 0 bridgehead atoms. The van der Waals surface area contributed by atoms with E-state index in [-0.39, 0.29) is 36.5 Å². The number of benzene rings is 2. The molecular formula is C29H32ClFN4O4. The number of nitrogens with zero attached hydrogens (tertiary/aromatic N) is 3. The van der Waals surface area contributed by atoms with Crippen LogP contribution in [0, 0.1) is 5.82 Å². The molecule has 0 radical (unpaired) electrons. The van der Waals surface area contributed by atoms with Crippen molar-refractivity contribution in [3.63, 3.8) is 0 Å². The van der Waals surface area contributed by atoms with Gasteiger partial charge in [-0.15, -0.1) is 0 Å². The first-order valence-corrected chi connectivity index (χ1v) is 14.1. The topological polar surface area (TPSA) is 82.2 Å². The van der Waals surface area contributed by atoms with Crippen molar-refractivity contribution >= 4 is 35.0 Å². The van der Waals surface area contributed by atoms with Crippen LogP contribution in [0.1, 0.15) is 58.6 Å². The van der Waals surface area contributed by atoms with Gasteiger partial charge in [0.1, 0.15) is 11.9 Å². The van der Waals surface area contributed by atoms with Crippen LogP contribution in [0.4, 0.5) is 10.1 Å². The predicted molar refractivity (Wildman–Crippen MR) is 144 cm³/mol. The monoisotopic (exact) mass is 554 g/mol. The van der Waals surface area contributed by atoms with Gasteiger partial charge in [0.25, 0.3) is 5.91 Å². The standard InChI is InChI=1S/C29H32ClFN4O4/c30-23-13-18(1-2-25(23)34-9-11-39-12-10-34)16-33-7-5-19(6-8-33)21-14-20-17-35(29(38)22(20)15-24(21)31)26-3-4-27(36)32-28(26)37/h1-2,13-15,19,26H,3-12,16-17H2,(H,32,36,37). The van der Waals surface area contributed by atoms with Gasteiger partial charge >= 0.3 is 0 Å². The lowest BCUT2D eigenvalue weighted by Crippen LogP contribution is -2.52. The fraction of sp³-hybridized carbons (Fsp3) is 0.483. The van der Waals surface area contributed by atoms with Crippen LogP contribution in [0.5, 0.6) is 0 Å². The molecule has 10 heteroatoms. The first-order chi connectivity index (χ1) is 18.9. The summed E-state index contributed by atoms with van der Waals surface area (Å²) in [5.74, 6) is -1.43. The fourth-order valence-corrected chi connectivity index (χ4v) is 6.61. The molecule has 8 nitrogen and oxygen atoms in total. The molecule has 3 saturated heterocycles. The van der Waals surface area contributed by atoms with Crippen molar-refractivity contribution in [2.75, 3.05) is 44.3 Å². The lowest BCUT2D eigenvalue weighted by atomic mass is 9.87. The van der Waals surface area contributed by atoms with E-state index >= 15 is 4.39 Å². The molecule has 6 rings (SSSR count). The van der Waals surface area contributed by atoms with Gasteiger partial charge in [-0.2, -0.15) is 0 Å². The number of fused-ring (bicyclic) bond motifs is 1. The molecule has 1 unspecified atom stereocenters. The molecule has 206 valence electrons. The van der Waals surface area contributed by atoms with Crippen molar-refractivity contribution in [1.82, 2.24) is 15.1 Å². The summed E-state index contributed by atoms with van der Waals surface area (Å²) in [6.45, 7) is 5.84. The summed E-state index contributed by atoms with van der Waals surface area (Å²) in [5, 5.41) is 3.06. The maximum atomic E-state index is 15.2. The third-order valence-corrected chi connectivity index (χ3v) is 8.74. The molecule has 2 aromatic rings. The number of halogens is 2. The van der Waals surface area contributed by atoms with E-state index in [9.17, 15) is 14.4 Å². The molecule has 2 aromatic carbocycles. The van der Waals surface area contributed by atoms with E-state index < -0.39 is 11.9 Å². The van der Waals surface area contributed by atoms with E-state index in [2.05, 4.69) is 27.2 Å². The fourth-order valence-electron chi connectivity index (χ4n) is 6.29. The Morgan fingerprint density at radius 3 is 2.49 bits per heavy atom. The van der Waals surface area contributed by atoms with E-state index in [0.29, 0.717) is 30.8 Å². The second kappa shape index (κ2) is 10.9. The van der Waals surface area contributed by atoms with Crippen molar-refractivity contribution < 1.29 is 23.5 Å². The molecule has 0 spiro atoms. The highest BCUT2D eigenvalue weighted by Crippen LogP contribution is 2.36. The molecule has 4 heterocycles. The zero-order chi connectivity index (χ0) is 27.1. The summed E-state index contributed by atoms with van der Waals surface area (Å²) in [6.07, 6.45) is 2.12. The van der Waals surface area contributed by atoms with Gasteiger partial charge in [0.15, 0.2) is 0 Å². The van der Waals surface area contributed by atoms with Crippen LogP contribution in [0.15, 0.2) is 30.3 Å². The normalized spacial score (nSPS) is 22.8. The van der Waals surface area contributed by atoms with Crippen molar-refractivity contribution in [2.45, 2.75) is 50.7 Å². The largest absolute Gasteiger partial charge is 0.378 e. The van der Waals surface area contributed by atoms with Crippen LogP contribution >= 0.6 is 11.6 Å². The van der Waals surface area contributed by atoms with E-state index in [4.69, 9.17) is 16.3 Å². The van der Waals surface area contributed by atoms with Gasteiger partial charge in [-0.1, -0.05) is 23.7 Å². The number of carbonyl (C=O) groups excluding carboxylic acids is 3. The number of amides is 3. The minimum Gasteiger partial charge on any atom is -0.378 e. The summed E-state index contributed by atoms with van der Waals surface area (Å²) in [6, 6.07) is 8.73. The number of morpholine rings is 1. The van der Waals surface area contributed by atoms with Crippen LogP contribution in [-0.2, 0) is 27.4 Å². The lowest BCUT2D eigenvalue weighted by Gasteiger charge is -2.33. The average molecular weight is 555 g/mol. The predicted octanol–water partition coefficient (Wildman–Crippen LogP) is 3.46. The molecular weight excluding hydrogens is 523 g/mol. The number of carbonyl (C=O) groups is 3. The zero-order valence-corrected chi connectivity index (χ0v) is 22.5. The Labute approximate surface area is 232 Å². The smallest absolute Gasteiger partial charge is 0.255 e. The molecule has 4 aliphatic heterocycles. The Bertz CT molecular complexity index is 1310. The van der Waals surface area contributed by atoms with E-state index in [1.54, 1.807) is 0 Å². The number of ether oxygens (including phenoxy) is 1. The Balaban J connectivity index is 1.08. The molecule has 3 fully saturated rings.